The van der Waals surface area contributed by atoms with Crippen molar-refractivity contribution < 1.29 is 14.5 Å². The van der Waals surface area contributed by atoms with Crippen LogP contribution in [0.15, 0.2) is 29.3 Å². The van der Waals surface area contributed by atoms with Crippen molar-refractivity contribution in [2.45, 2.75) is 6.61 Å². The molecule has 1 amide bonds. The van der Waals surface area contributed by atoms with Gasteiger partial charge in [-0.05, 0) is 17.7 Å². The van der Waals surface area contributed by atoms with E-state index in [-0.39, 0.29) is 18.3 Å². The number of thiol groups is 1. The first-order valence-electron chi connectivity index (χ1n) is 6.08. The van der Waals surface area contributed by atoms with Crippen LogP contribution in [-0.4, -0.2) is 36.3 Å². The number of nitro benzene ring substituents is 1. The number of ether oxygens (including phenoxy) is 1. The summed E-state index contributed by atoms with van der Waals surface area (Å²) in [7, 11) is 1.62. The summed E-state index contributed by atoms with van der Waals surface area (Å²) in [6.45, 7) is 0.544. The Morgan fingerprint density at radius 2 is 2.10 bits per heavy atom. The lowest BCUT2D eigenvalue weighted by Gasteiger charge is -2.07. The second-order valence-corrected chi connectivity index (χ2v) is 4.29. The van der Waals surface area contributed by atoms with Crippen molar-refractivity contribution in [3.63, 3.8) is 0 Å². The first kappa shape index (κ1) is 16.8. The fraction of sp³-hybridized carbons (Fsp3) is 0.333. The van der Waals surface area contributed by atoms with Crippen LogP contribution in [-0.2, 0) is 11.3 Å². The van der Waals surface area contributed by atoms with Gasteiger partial charge in [0.2, 0.25) is 5.96 Å². The average Bonchev–Trinajstić information content (AvgIpc) is 2.49. The Morgan fingerprint density at radius 1 is 1.43 bits per heavy atom. The van der Waals surface area contributed by atoms with Gasteiger partial charge in [0.25, 0.3) is 5.69 Å². The van der Waals surface area contributed by atoms with Gasteiger partial charge in [-0.15, -0.1) is 4.99 Å². The van der Waals surface area contributed by atoms with Crippen LogP contribution in [0.2, 0.25) is 0 Å². The largest absolute Gasteiger partial charge is 0.443 e. The van der Waals surface area contributed by atoms with E-state index in [0.717, 1.165) is 0 Å². The third kappa shape index (κ3) is 6.13. The summed E-state index contributed by atoms with van der Waals surface area (Å²) in [6, 6.07) is 5.74. The monoisotopic (exact) mass is 312 g/mol. The predicted molar refractivity (Wildman–Crippen MR) is 81.6 cm³/mol. The lowest BCUT2D eigenvalue weighted by molar-refractivity contribution is -0.384. The highest BCUT2D eigenvalue weighted by molar-refractivity contribution is 7.80. The van der Waals surface area contributed by atoms with E-state index in [1.54, 1.807) is 7.05 Å². The highest BCUT2D eigenvalue weighted by Crippen LogP contribution is 2.12. The van der Waals surface area contributed by atoms with Crippen LogP contribution < -0.4 is 10.6 Å². The molecule has 0 aromatic heterocycles. The molecule has 1 aromatic rings. The molecule has 0 saturated heterocycles. The van der Waals surface area contributed by atoms with E-state index in [9.17, 15) is 14.9 Å². The molecule has 0 spiro atoms. The quantitative estimate of drug-likeness (QED) is 0.249. The molecule has 0 radical (unpaired) electrons. The van der Waals surface area contributed by atoms with E-state index in [4.69, 9.17) is 4.74 Å². The molecule has 21 heavy (non-hydrogen) atoms. The Balaban J connectivity index is 2.51. The maximum absolute atomic E-state index is 11.5. The second-order valence-electron chi connectivity index (χ2n) is 3.84. The molecular formula is C12H16N4O4S. The highest BCUT2D eigenvalue weighted by Gasteiger charge is 2.06. The van der Waals surface area contributed by atoms with Gasteiger partial charge in [0.05, 0.1) is 4.92 Å². The van der Waals surface area contributed by atoms with E-state index >= 15 is 0 Å². The molecule has 0 aliphatic heterocycles. The Labute approximate surface area is 127 Å². The van der Waals surface area contributed by atoms with Crippen molar-refractivity contribution in [2.24, 2.45) is 4.99 Å². The number of guanidine groups is 1. The number of aliphatic imine (C=N–C) groups is 1. The zero-order valence-electron chi connectivity index (χ0n) is 11.4. The second kappa shape index (κ2) is 8.80. The maximum atomic E-state index is 11.5. The van der Waals surface area contributed by atoms with Crippen molar-refractivity contribution in [2.75, 3.05) is 19.3 Å². The highest BCUT2D eigenvalue weighted by atomic mass is 32.1. The van der Waals surface area contributed by atoms with Crippen LogP contribution in [0.4, 0.5) is 10.5 Å². The molecule has 9 heteroatoms. The Kier molecular flexibility index (Phi) is 7.02. The summed E-state index contributed by atoms with van der Waals surface area (Å²) >= 11 is 4.03. The van der Waals surface area contributed by atoms with Crippen molar-refractivity contribution >= 4 is 30.4 Å². The van der Waals surface area contributed by atoms with E-state index in [1.807, 2.05) is 0 Å². The van der Waals surface area contributed by atoms with Crippen molar-refractivity contribution in [1.82, 2.24) is 10.6 Å². The number of nitro groups is 1. The first-order chi connectivity index (χ1) is 10.1. The standard InChI is InChI=1S/C12H16N4O4S/c1-13-11(14-6-7-21)15-12(17)20-8-9-2-4-10(5-3-9)16(18)19/h2-5,21H,6-8H2,1H3,(H2,13,14,15,17). The molecule has 114 valence electrons. The normalized spacial score (nSPS) is 10.9. The molecule has 0 bridgehead atoms. The first-order valence-corrected chi connectivity index (χ1v) is 6.71. The fourth-order valence-corrected chi connectivity index (χ4v) is 1.45. The van der Waals surface area contributed by atoms with Gasteiger partial charge in [0.1, 0.15) is 6.61 Å². The maximum Gasteiger partial charge on any atom is 0.437 e. The van der Waals surface area contributed by atoms with Crippen LogP contribution in [0.1, 0.15) is 5.56 Å². The number of nitrogens with zero attached hydrogens (tertiary/aromatic N) is 2. The molecule has 0 aliphatic rings. The Morgan fingerprint density at radius 3 is 2.62 bits per heavy atom. The SMILES string of the molecule is CNC(=NC(=O)OCc1ccc([N+](=O)[O-])cc1)NCCS. The molecule has 0 aliphatic carbocycles. The van der Waals surface area contributed by atoms with E-state index < -0.39 is 11.0 Å². The molecule has 0 fully saturated rings. The van der Waals surface area contributed by atoms with Gasteiger partial charge < -0.3 is 15.4 Å². The minimum atomic E-state index is -0.760. The molecular weight excluding hydrogens is 296 g/mol. The number of hydrogen-bond acceptors (Lipinski definition) is 5. The third-order valence-corrected chi connectivity index (χ3v) is 2.58. The van der Waals surface area contributed by atoms with Gasteiger partial charge in [0.15, 0.2) is 0 Å². The Hall–Kier alpha value is -2.29. The minimum Gasteiger partial charge on any atom is -0.443 e. The van der Waals surface area contributed by atoms with Crippen LogP contribution in [0.3, 0.4) is 0 Å². The van der Waals surface area contributed by atoms with Crippen LogP contribution >= 0.6 is 12.6 Å². The van der Waals surface area contributed by atoms with Crippen LogP contribution in [0.5, 0.6) is 0 Å². The van der Waals surface area contributed by atoms with E-state index in [0.29, 0.717) is 17.9 Å². The topological polar surface area (TPSA) is 106 Å². The summed E-state index contributed by atoms with van der Waals surface area (Å²) in [5.74, 6) is 0.885. The smallest absolute Gasteiger partial charge is 0.437 e. The van der Waals surface area contributed by atoms with Gasteiger partial charge in [-0.25, -0.2) is 4.79 Å². The number of amides is 1. The van der Waals surface area contributed by atoms with Crippen molar-refractivity contribution in [1.29, 1.82) is 0 Å². The number of carbonyl (C=O) groups is 1. The number of non-ortho nitro benzene ring substituents is 1. The minimum absolute atomic E-state index is 0.0100. The third-order valence-electron chi connectivity index (χ3n) is 2.35. The van der Waals surface area contributed by atoms with Crippen LogP contribution in [0, 0.1) is 10.1 Å². The van der Waals surface area contributed by atoms with Gasteiger partial charge in [0, 0.05) is 31.5 Å². The van der Waals surface area contributed by atoms with Crippen molar-refractivity contribution in [3.05, 3.63) is 39.9 Å². The molecule has 8 nitrogen and oxygen atoms in total. The zero-order valence-corrected chi connectivity index (χ0v) is 12.3. The number of hydrogen-bond donors (Lipinski definition) is 3. The molecule has 1 rings (SSSR count). The van der Waals surface area contributed by atoms with Gasteiger partial charge in [-0.1, -0.05) is 0 Å². The predicted octanol–water partition coefficient (Wildman–Crippen LogP) is 1.33. The molecule has 0 unspecified atom stereocenters. The lowest BCUT2D eigenvalue weighted by Crippen LogP contribution is -2.36. The van der Waals surface area contributed by atoms with Gasteiger partial charge in [-0.3, -0.25) is 10.1 Å². The number of benzene rings is 1. The molecule has 0 heterocycles. The summed E-state index contributed by atoms with van der Waals surface area (Å²) in [5, 5.41) is 16.1. The van der Waals surface area contributed by atoms with Gasteiger partial charge >= 0.3 is 6.09 Å². The summed E-state index contributed by atoms with van der Waals surface area (Å²) < 4.78 is 4.95. The van der Waals surface area contributed by atoms with E-state index in [1.165, 1.54) is 24.3 Å². The average molecular weight is 312 g/mol. The molecule has 0 saturated carbocycles. The summed E-state index contributed by atoms with van der Waals surface area (Å²) in [6.07, 6.45) is -0.760. The van der Waals surface area contributed by atoms with Crippen LogP contribution in [0.25, 0.3) is 0 Å². The molecule has 0 atom stereocenters. The lowest BCUT2D eigenvalue weighted by atomic mass is 10.2. The molecule has 1 aromatic carbocycles. The summed E-state index contributed by atoms with van der Waals surface area (Å²) in [4.78, 5) is 25.2. The number of nitrogens with one attached hydrogen (secondary N) is 2. The van der Waals surface area contributed by atoms with E-state index in [2.05, 4.69) is 28.3 Å². The number of carbonyl (C=O) groups excluding carboxylic acids is 1. The zero-order chi connectivity index (χ0) is 15.7. The number of rotatable bonds is 5. The van der Waals surface area contributed by atoms with Crippen molar-refractivity contribution in [3.8, 4) is 0 Å². The Bertz CT molecular complexity index is 518. The molecule has 2 N–H and O–H groups in total. The summed E-state index contributed by atoms with van der Waals surface area (Å²) in [5.41, 5.74) is 0.620. The van der Waals surface area contributed by atoms with Gasteiger partial charge in [-0.2, -0.15) is 12.6 Å². The fourth-order valence-electron chi connectivity index (χ4n) is 1.34.